The Balaban J connectivity index is 1.50. The van der Waals surface area contributed by atoms with Crippen LogP contribution in [0.3, 0.4) is 0 Å². The Morgan fingerprint density at radius 1 is 1.21 bits per heavy atom. The molecule has 0 aliphatic carbocycles. The second kappa shape index (κ2) is 9.65. The van der Waals surface area contributed by atoms with Crippen molar-refractivity contribution in [1.29, 1.82) is 0 Å². The van der Waals surface area contributed by atoms with Gasteiger partial charge in [-0.2, -0.15) is 12.6 Å². The van der Waals surface area contributed by atoms with E-state index in [1.807, 2.05) is 13.8 Å². The zero-order valence-electron chi connectivity index (χ0n) is 22.6. The highest BCUT2D eigenvalue weighted by Crippen LogP contribution is 2.57. The lowest BCUT2D eigenvalue weighted by atomic mass is 9.74. The molecule has 0 saturated carbocycles. The number of phenolic OH excluding ortho intramolecular Hbond substituents is 2. The Morgan fingerprint density at radius 3 is 2.67 bits per heavy atom. The number of fused-ring (bicyclic) bond motifs is 9. The summed E-state index contributed by atoms with van der Waals surface area (Å²) in [6.45, 7) is 4.55. The molecule has 4 heterocycles. The lowest BCUT2D eigenvalue weighted by molar-refractivity contribution is -0.148. The van der Waals surface area contributed by atoms with Crippen LogP contribution >= 0.6 is 12.6 Å². The van der Waals surface area contributed by atoms with Gasteiger partial charge in [-0.25, -0.2) is 0 Å². The smallest absolute Gasteiger partial charge is 0.323 e. The van der Waals surface area contributed by atoms with E-state index in [9.17, 15) is 15.0 Å². The van der Waals surface area contributed by atoms with Crippen molar-refractivity contribution in [3.05, 3.63) is 39.4 Å². The first-order chi connectivity index (χ1) is 18.7. The number of hydrogen-bond donors (Lipinski definition) is 4. The zero-order valence-corrected chi connectivity index (χ0v) is 23.5. The summed E-state index contributed by atoms with van der Waals surface area (Å²) in [5.74, 6) is 1.53. The summed E-state index contributed by atoms with van der Waals surface area (Å²) in [5, 5.41) is 22.8. The molecule has 4 aliphatic rings. The topological polar surface area (TPSA) is 127 Å². The molecule has 10 nitrogen and oxygen atoms in total. The molecule has 5 atom stereocenters. The third-order valence-corrected chi connectivity index (χ3v) is 9.33. The minimum absolute atomic E-state index is 0.0291. The minimum Gasteiger partial charge on any atom is -0.507 e. The van der Waals surface area contributed by atoms with Crippen LogP contribution in [0.25, 0.3) is 0 Å². The lowest BCUT2D eigenvalue weighted by Gasteiger charge is -2.57. The monoisotopic (exact) mass is 557 g/mol. The van der Waals surface area contributed by atoms with E-state index in [0.717, 1.165) is 34.2 Å². The summed E-state index contributed by atoms with van der Waals surface area (Å²) in [6, 6.07) is 0.712. The van der Waals surface area contributed by atoms with Crippen molar-refractivity contribution in [2.75, 3.05) is 39.9 Å². The fraction of sp³-hybridized carbons (Fsp3) is 0.536. The average molecular weight is 558 g/mol. The van der Waals surface area contributed by atoms with Gasteiger partial charge in [-0.1, -0.05) is 6.07 Å². The number of esters is 1. The standard InChI is InChI=1S/C28H35N3O7S/c1-12-5-14-6-15-8-31-18(22(30(15)3)20(14)24(33)25(12)35-4)7-16-21(19(31)9-36-28(34)17(29)10-39)27-26(37-11-38-27)13(2)23(16)32/h5,15,17-19,22,32-33,39H,6-11,29H2,1-4H3. The molecular formula is C28H35N3O7S. The molecule has 2 aromatic rings. The fourth-order valence-corrected chi connectivity index (χ4v) is 7.22. The first kappa shape index (κ1) is 26.4. The second-order valence-electron chi connectivity index (χ2n) is 11.0. The van der Waals surface area contributed by atoms with E-state index in [4.69, 9.17) is 24.7 Å². The maximum atomic E-state index is 12.6. The van der Waals surface area contributed by atoms with E-state index in [-0.39, 0.29) is 48.8 Å². The molecule has 1 saturated heterocycles. The van der Waals surface area contributed by atoms with Crippen molar-refractivity contribution < 1.29 is 34.0 Å². The third kappa shape index (κ3) is 3.85. The fourth-order valence-electron chi connectivity index (χ4n) is 7.07. The van der Waals surface area contributed by atoms with Crippen molar-refractivity contribution in [3.8, 4) is 28.7 Å². The van der Waals surface area contributed by atoms with Crippen molar-refractivity contribution in [3.63, 3.8) is 0 Å². The zero-order chi connectivity index (χ0) is 27.7. The van der Waals surface area contributed by atoms with Crippen LogP contribution in [0.5, 0.6) is 28.7 Å². The number of likely N-dealkylation sites (N-methyl/N-ethyl adjacent to an activating group) is 1. The summed E-state index contributed by atoms with van der Waals surface area (Å²) >= 11 is 4.14. The van der Waals surface area contributed by atoms with Gasteiger partial charge < -0.3 is 34.9 Å². The van der Waals surface area contributed by atoms with Gasteiger partial charge in [0.15, 0.2) is 23.0 Å². The molecule has 39 heavy (non-hydrogen) atoms. The SMILES string of the molecule is COc1c(C)cc2c(c1O)C1C3Cc4c(O)c(C)c5c(c4C(COC(=O)C(N)CS)N3CC(C2)N1C)OCO5. The van der Waals surface area contributed by atoms with Crippen molar-refractivity contribution in [2.24, 2.45) is 5.73 Å². The van der Waals surface area contributed by atoms with Crippen LogP contribution in [0.2, 0.25) is 0 Å². The summed E-state index contributed by atoms with van der Waals surface area (Å²) in [4.78, 5) is 17.3. The van der Waals surface area contributed by atoms with Crippen LogP contribution in [0.1, 0.15) is 45.5 Å². The van der Waals surface area contributed by atoms with Crippen LogP contribution < -0.4 is 19.9 Å². The number of ether oxygens (including phenoxy) is 4. The van der Waals surface area contributed by atoms with Gasteiger partial charge in [0.1, 0.15) is 18.4 Å². The second-order valence-corrected chi connectivity index (χ2v) is 11.3. The summed E-state index contributed by atoms with van der Waals surface area (Å²) in [5.41, 5.74) is 10.9. The van der Waals surface area contributed by atoms with Gasteiger partial charge in [-0.15, -0.1) is 0 Å². The predicted molar refractivity (Wildman–Crippen MR) is 146 cm³/mol. The van der Waals surface area contributed by atoms with Gasteiger partial charge in [-0.3, -0.25) is 14.6 Å². The molecule has 0 spiro atoms. The molecule has 4 N–H and O–H groups in total. The number of methoxy groups -OCH3 is 1. The molecule has 5 unspecified atom stereocenters. The van der Waals surface area contributed by atoms with E-state index in [1.54, 1.807) is 7.11 Å². The van der Waals surface area contributed by atoms with Gasteiger partial charge in [-0.05, 0) is 44.9 Å². The Morgan fingerprint density at radius 2 is 1.95 bits per heavy atom. The van der Waals surface area contributed by atoms with Crippen molar-refractivity contribution in [1.82, 2.24) is 9.80 Å². The van der Waals surface area contributed by atoms with Gasteiger partial charge in [0.25, 0.3) is 0 Å². The average Bonchev–Trinajstić information content (AvgIpc) is 3.40. The molecule has 4 aliphatic heterocycles. The van der Waals surface area contributed by atoms with Crippen LogP contribution in [0.4, 0.5) is 0 Å². The third-order valence-electron chi connectivity index (χ3n) is 8.94. The van der Waals surface area contributed by atoms with Crippen molar-refractivity contribution >= 4 is 18.6 Å². The maximum Gasteiger partial charge on any atom is 0.323 e. The van der Waals surface area contributed by atoms with Gasteiger partial charge in [0.05, 0.1) is 19.2 Å². The van der Waals surface area contributed by atoms with Gasteiger partial charge in [0.2, 0.25) is 6.79 Å². The number of carbonyl (C=O) groups is 1. The predicted octanol–water partition coefficient (Wildman–Crippen LogP) is 2.13. The highest BCUT2D eigenvalue weighted by atomic mass is 32.1. The first-order valence-electron chi connectivity index (χ1n) is 13.2. The van der Waals surface area contributed by atoms with Crippen LogP contribution in [-0.2, 0) is 22.4 Å². The molecule has 0 radical (unpaired) electrons. The quantitative estimate of drug-likeness (QED) is 0.321. The number of piperazine rings is 1. The number of rotatable bonds is 5. The molecule has 6 rings (SSSR count). The molecule has 11 heteroatoms. The van der Waals surface area contributed by atoms with E-state index in [1.165, 1.54) is 0 Å². The molecule has 2 bridgehead atoms. The normalized spacial score (nSPS) is 25.9. The number of hydrogen-bond acceptors (Lipinski definition) is 11. The van der Waals surface area contributed by atoms with Crippen LogP contribution in [0.15, 0.2) is 6.07 Å². The Kier molecular flexibility index (Phi) is 6.53. The molecule has 2 aromatic carbocycles. The van der Waals surface area contributed by atoms with Crippen LogP contribution in [0, 0.1) is 13.8 Å². The molecule has 210 valence electrons. The minimum atomic E-state index is -0.838. The highest BCUT2D eigenvalue weighted by Gasteiger charge is 2.52. The van der Waals surface area contributed by atoms with Crippen LogP contribution in [-0.4, -0.2) is 84.0 Å². The number of aryl methyl sites for hydroxylation is 1. The number of thiol groups is 1. The van der Waals surface area contributed by atoms with Crippen molar-refractivity contribution in [2.45, 2.75) is 56.9 Å². The first-order valence-corrected chi connectivity index (χ1v) is 13.8. The Hall–Kier alpha value is -2.86. The largest absolute Gasteiger partial charge is 0.507 e. The number of nitrogens with two attached hydrogens (primary N) is 1. The van der Waals surface area contributed by atoms with E-state index >= 15 is 0 Å². The summed E-state index contributed by atoms with van der Waals surface area (Å²) in [6.07, 6.45) is 1.26. The molecular weight excluding hydrogens is 522 g/mol. The van der Waals surface area contributed by atoms with E-state index in [0.29, 0.717) is 35.8 Å². The van der Waals surface area contributed by atoms with Gasteiger partial charge in [0, 0.05) is 46.6 Å². The van der Waals surface area contributed by atoms with E-state index < -0.39 is 18.1 Å². The molecule has 0 aromatic heterocycles. The number of carbonyl (C=O) groups excluding carboxylic acids is 1. The lowest BCUT2D eigenvalue weighted by Crippen LogP contribution is -2.64. The Labute approximate surface area is 233 Å². The number of aromatic hydroxyl groups is 2. The molecule has 1 fully saturated rings. The Bertz CT molecular complexity index is 1350. The van der Waals surface area contributed by atoms with E-state index in [2.05, 4.69) is 35.5 Å². The summed E-state index contributed by atoms with van der Waals surface area (Å²) < 4.78 is 23.0. The number of nitrogens with zero attached hydrogens (tertiary/aromatic N) is 2. The number of phenols is 2. The summed E-state index contributed by atoms with van der Waals surface area (Å²) in [7, 11) is 3.65. The maximum absolute atomic E-state index is 12.6. The number of benzene rings is 2. The highest BCUT2D eigenvalue weighted by molar-refractivity contribution is 7.80. The van der Waals surface area contributed by atoms with Gasteiger partial charge >= 0.3 is 5.97 Å². The molecule has 0 amide bonds.